The van der Waals surface area contributed by atoms with Gasteiger partial charge in [0, 0.05) is 36.1 Å². The van der Waals surface area contributed by atoms with Crippen molar-refractivity contribution in [1.82, 2.24) is 14.7 Å². The molecule has 1 aliphatic heterocycles. The van der Waals surface area contributed by atoms with E-state index in [0.29, 0.717) is 48.8 Å². The van der Waals surface area contributed by atoms with Crippen molar-refractivity contribution in [3.63, 3.8) is 0 Å². The highest BCUT2D eigenvalue weighted by atomic mass is 16.5. The molecule has 0 bridgehead atoms. The van der Waals surface area contributed by atoms with Crippen molar-refractivity contribution in [3.8, 4) is 16.9 Å². The molecule has 0 aliphatic carbocycles. The number of nitrogens with one attached hydrogen (secondary N) is 1. The summed E-state index contributed by atoms with van der Waals surface area (Å²) >= 11 is 0. The molecule has 0 saturated carbocycles. The van der Waals surface area contributed by atoms with Gasteiger partial charge in [-0.2, -0.15) is 5.10 Å². The first-order valence-corrected chi connectivity index (χ1v) is 11.6. The van der Waals surface area contributed by atoms with E-state index in [1.165, 1.54) is 0 Å². The Bertz CT molecular complexity index is 1320. The van der Waals surface area contributed by atoms with Gasteiger partial charge in [0.15, 0.2) is 0 Å². The van der Waals surface area contributed by atoms with Gasteiger partial charge in [-0.3, -0.25) is 9.59 Å². The Kier molecular flexibility index (Phi) is 6.41. The van der Waals surface area contributed by atoms with Gasteiger partial charge in [0.25, 0.3) is 11.8 Å². The Morgan fingerprint density at radius 3 is 2.26 bits per heavy atom. The third-order valence-electron chi connectivity index (χ3n) is 5.99. The lowest BCUT2D eigenvalue weighted by atomic mass is 10.1. The van der Waals surface area contributed by atoms with E-state index in [1.54, 1.807) is 40.0 Å². The summed E-state index contributed by atoms with van der Waals surface area (Å²) in [7, 11) is 0. The second kappa shape index (κ2) is 9.95. The van der Waals surface area contributed by atoms with Crippen molar-refractivity contribution in [2.24, 2.45) is 0 Å². The van der Waals surface area contributed by atoms with Crippen molar-refractivity contribution in [1.29, 1.82) is 0 Å². The number of rotatable bonds is 5. The molecule has 7 nitrogen and oxygen atoms in total. The summed E-state index contributed by atoms with van der Waals surface area (Å²) in [6.45, 7) is 4.32. The first kappa shape index (κ1) is 22.6. The van der Waals surface area contributed by atoms with Gasteiger partial charge in [-0.05, 0) is 43.3 Å². The van der Waals surface area contributed by atoms with Gasteiger partial charge in [-0.1, -0.05) is 48.0 Å². The van der Waals surface area contributed by atoms with Crippen LogP contribution < -0.4 is 5.32 Å². The fraction of sp³-hybridized carbons (Fsp3) is 0.179. The maximum Gasteiger partial charge on any atom is 0.259 e. The van der Waals surface area contributed by atoms with Gasteiger partial charge < -0.3 is 15.0 Å². The number of amides is 2. The summed E-state index contributed by atoms with van der Waals surface area (Å²) in [5, 5.41) is 7.68. The van der Waals surface area contributed by atoms with Gasteiger partial charge in [-0.25, -0.2) is 4.68 Å². The van der Waals surface area contributed by atoms with Crippen LogP contribution in [0.2, 0.25) is 0 Å². The highest BCUT2D eigenvalue weighted by molar-refractivity contribution is 6.08. The molecule has 2 amide bonds. The fourth-order valence-electron chi connectivity index (χ4n) is 4.02. The number of benzene rings is 3. The topological polar surface area (TPSA) is 76.5 Å². The van der Waals surface area contributed by atoms with E-state index in [4.69, 9.17) is 9.84 Å². The summed E-state index contributed by atoms with van der Waals surface area (Å²) < 4.78 is 7.04. The van der Waals surface area contributed by atoms with E-state index in [-0.39, 0.29) is 11.8 Å². The lowest BCUT2D eigenvalue weighted by molar-refractivity contribution is 0.0303. The van der Waals surface area contributed by atoms with E-state index in [9.17, 15) is 9.59 Å². The molecular formula is C28H26N4O3. The van der Waals surface area contributed by atoms with E-state index >= 15 is 0 Å². The monoisotopic (exact) mass is 466 g/mol. The first-order chi connectivity index (χ1) is 17.1. The number of aromatic nitrogens is 2. The number of ether oxygens (including phenoxy) is 1. The summed E-state index contributed by atoms with van der Waals surface area (Å²) in [6, 6.07) is 24.6. The number of carbonyl (C=O) groups is 2. The van der Waals surface area contributed by atoms with Crippen LogP contribution in [0.15, 0.2) is 85.1 Å². The van der Waals surface area contributed by atoms with Crippen LogP contribution in [0.1, 0.15) is 26.3 Å². The smallest absolute Gasteiger partial charge is 0.259 e. The normalized spacial score (nSPS) is 13.5. The average molecular weight is 467 g/mol. The second-order valence-electron chi connectivity index (χ2n) is 8.47. The molecule has 1 aromatic heterocycles. The molecule has 0 atom stereocenters. The maximum absolute atomic E-state index is 13.3. The van der Waals surface area contributed by atoms with Gasteiger partial charge >= 0.3 is 0 Å². The molecule has 1 fully saturated rings. The van der Waals surface area contributed by atoms with Crippen LogP contribution in [0.3, 0.4) is 0 Å². The summed E-state index contributed by atoms with van der Waals surface area (Å²) in [5.41, 5.74) is 5.14. The van der Waals surface area contributed by atoms with Gasteiger partial charge in [0.2, 0.25) is 0 Å². The van der Waals surface area contributed by atoms with E-state index in [0.717, 1.165) is 16.8 Å². The number of aryl methyl sites for hydroxylation is 1. The highest BCUT2D eigenvalue weighted by Gasteiger charge is 2.20. The number of hydrogen-bond donors (Lipinski definition) is 1. The largest absolute Gasteiger partial charge is 0.378 e. The number of nitrogens with zero attached hydrogens (tertiary/aromatic N) is 3. The lowest BCUT2D eigenvalue weighted by Crippen LogP contribution is -2.40. The highest BCUT2D eigenvalue weighted by Crippen LogP contribution is 2.25. The van der Waals surface area contributed by atoms with Crippen molar-refractivity contribution in [2.75, 3.05) is 31.6 Å². The number of carbonyl (C=O) groups excluding carboxylic acids is 2. The molecule has 7 heteroatoms. The van der Waals surface area contributed by atoms with E-state index in [2.05, 4.69) is 5.32 Å². The molecule has 176 valence electrons. The maximum atomic E-state index is 13.3. The Morgan fingerprint density at radius 2 is 1.57 bits per heavy atom. The molecule has 0 spiro atoms. The summed E-state index contributed by atoms with van der Waals surface area (Å²) in [4.78, 5) is 27.8. The van der Waals surface area contributed by atoms with Crippen LogP contribution in [0, 0.1) is 6.92 Å². The van der Waals surface area contributed by atoms with E-state index in [1.807, 2.05) is 61.5 Å². The number of morpholine rings is 1. The van der Waals surface area contributed by atoms with Crippen molar-refractivity contribution < 1.29 is 14.3 Å². The lowest BCUT2D eigenvalue weighted by Gasteiger charge is -2.26. The number of hydrogen-bond acceptors (Lipinski definition) is 4. The zero-order valence-electron chi connectivity index (χ0n) is 19.5. The predicted octanol–water partition coefficient (Wildman–Crippen LogP) is 4.57. The Balaban J connectivity index is 1.39. The quantitative estimate of drug-likeness (QED) is 0.467. The minimum atomic E-state index is -0.269. The molecule has 4 aromatic rings. The third-order valence-corrected chi connectivity index (χ3v) is 5.99. The van der Waals surface area contributed by atoms with Gasteiger partial charge in [-0.15, -0.1) is 0 Å². The summed E-state index contributed by atoms with van der Waals surface area (Å²) in [6.07, 6.45) is 1.75. The van der Waals surface area contributed by atoms with Crippen molar-refractivity contribution in [2.45, 2.75) is 6.92 Å². The van der Waals surface area contributed by atoms with Crippen molar-refractivity contribution in [3.05, 3.63) is 102 Å². The third kappa shape index (κ3) is 5.00. The molecule has 0 unspecified atom stereocenters. The molecule has 35 heavy (non-hydrogen) atoms. The Labute approximate surface area is 204 Å². The average Bonchev–Trinajstić information content (AvgIpc) is 3.36. The molecule has 5 rings (SSSR count). The van der Waals surface area contributed by atoms with Gasteiger partial charge in [0.05, 0.1) is 24.5 Å². The molecule has 1 saturated heterocycles. The molecule has 3 aromatic carbocycles. The Morgan fingerprint density at radius 1 is 0.886 bits per heavy atom. The minimum absolute atomic E-state index is 0.0306. The van der Waals surface area contributed by atoms with Gasteiger partial charge in [0.1, 0.15) is 5.69 Å². The number of anilines is 1. The zero-order valence-corrected chi connectivity index (χ0v) is 19.5. The van der Waals surface area contributed by atoms with Crippen LogP contribution in [0.25, 0.3) is 16.9 Å². The summed E-state index contributed by atoms with van der Waals surface area (Å²) in [5.74, 6) is -0.300. The molecule has 0 radical (unpaired) electrons. The molecule has 1 N–H and O–H groups in total. The van der Waals surface area contributed by atoms with Crippen LogP contribution >= 0.6 is 0 Å². The van der Waals surface area contributed by atoms with Crippen molar-refractivity contribution >= 4 is 17.5 Å². The van der Waals surface area contributed by atoms with Crippen LogP contribution in [0.4, 0.5) is 5.69 Å². The van der Waals surface area contributed by atoms with E-state index < -0.39 is 0 Å². The standard InChI is InChI=1S/C28H26N4O3/c1-20-7-13-24(14-8-20)32-19-25(26(30-32)21-5-3-2-4-6-21)27(33)29-23-11-9-22(10-12-23)28(34)31-15-17-35-18-16-31/h2-14,19H,15-18H2,1H3,(H,29,33). The SMILES string of the molecule is Cc1ccc(-n2cc(C(=O)Nc3ccc(C(=O)N4CCOCC4)cc3)c(-c3ccccc3)n2)cc1. The second-order valence-corrected chi connectivity index (χ2v) is 8.47. The minimum Gasteiger partial charge on any atom is -0.378 e. The first-order valence-electron chi connectivity index (χ1n) is 11.6. The molecule has 1 aliphatic rings. The predicted molar refractivity (Wildman–Crippen MR) is 135 cm³/mol. The molecular weight excluding hydrogens is 440 g/mol. The fourth-order valence-corrected chi connectivity index (χ4v) is 4.02. The Hall–Kier alpha value is -4.23. The zero-order chi connectivity index (χ0) is 24.2. The van der Waals surface area contributed by atoms with Crippen LogP contribution in [0.5, 0.6) is 0 Å². The molecule has 2 heterocycles. The van der Waals surface area contributed by atoms with Crippen LogP contribution in [-0.4, -0.2) is 52.8 Å². The van der Waals surface area contributed by atoms with Crippen LogP contribution in [-0.2, 0) is 4.74 Å².